The highest BCUT2D eigenvalue weighted by Gasteiger charge is 2.17. The average molecular weight is 242 g/mol. The average Bonchev–Trinajstić information content (AvgIpc) is 2.33. The minimum Gasteiger partial charge on any atom is -0.276 e. The number of nitrogens with two attached hydrogens (primary N) is 1. The molecule has 1 aliphatic carbocycles. The van der Waals surface area contributed by atoms with E-state index in [1.165, 1.54) is 62.9 Å². The third-order valence-electron chi connectivity index (χ3n) is 3.66. The van der Waals surface area contributed by atoms with E-state index in [1.54, 1.807) is 0 Å². The summed E-state index contributed by atoms with van der Waals surface area (Å²) in [6, 6.07) is 0.164. The summed E-state index contributed by atoms with van der Waals surface area (Å²) in [5.74, 6) is 5.12. The molecule has 0 unspecified atom stereocenters. The van der Waals surface area contributed by atoms with Crippen molar-refractivity contribution < 1.29 is 9.73 Å². The van der Waals surface area contributed by atoms with Crippen LogP contribution in [-0.2, 0) is 9.73 Å². The molecule has 0 atom stereocenters. The predicted molar refractivity (Wildman–Crippen MR) is 67.8 cm³/mol. The van der Waals surface area contributed by atoms with Crippen LogP contribution in [0.2, 0.25) is 0 Å². The van der Waals surface area contributed by atoms with Crippen LogP contribution < -0.4 is 5.90 Å². The number of amides is 1. The fraction of sp³-hybridized carbons (Fsp3) is 0.923. The molecule has 0 heterocycles. The first-order chi connectivity index (χ1) is 8.38. The van der Waals surface area contributed by atoms with E-state index in [-0.39, 0.29) is 6.04 Å². The van der Waals surface area contributed by atoms with Gasteiger partial charge in [-0.15, -0.1) is 0 Å². The summed E-state index contributed by atoms with van der Waals surface area (Å²) in [7, 11) is 0. The lowest BCUT2D eigenvalue weighted by atomic mass is 9.98. The normalized spacial score (nSPS) is 21.2. The van der Waals surface area contributed by atoms with Crippen molar-refractivity contribution in [2.24, 2.45) is 5.90 Å². The van der Waals surface area contributed by atoms with Crippen LogP contribution in [0.25, 0.3) is 0 Å². The SMILES string of the molecule is NON(C=O)C1CCCCCCCCCCC1. The molecule has 2 N–H and O–H groups in total. The van der Waals surface area contributed by atoms with Crippen molar-refractivity contribution in [1.82, 2.24) is 5.06 Å². The maximum atomic E-state index is 10.8. The summed E-state index contributed by atoms with van der Waals surface area (Å²) in [5, 5.41) is 1.28. The van der Waals surface area contributed by atoms with Crippen molar-refractivity contribution in [2.45, 2.75) is 76.7 Å². The molecule has 1 rings (SSSR count). The first-order valence-corrected chi connectivity index (χ1v) is 6.99. The van der Waals surface area contributed by atoms with E-state index in [0.29, 0.717) is 6.41 Å². The molecule has 1 saturated carbocycles. The van der Waals surface area contributed by atoms with Crippen molar-refractivity contribution in [3.05, 3.63) is 0 Å². The van der Waals surface area contributed by atoms with Gasteiger partial charge < -0.3 is 0 Å². The molecule has 0 spiro atoms. The van der Waals surface area contributed by atoms with E-state index in [2.05, 4.69) is 4.94 Å². The maximum absolute atomic E-state index is 10.8. The Balaban J connectivity index is 2.39. The van der Waals surface area contributed by atoms with Crippen LogP contribution in [0, 0.1) is 0 Å². The van der Waals surface area contributed by atoms with E-state index in [9.17, 15) is 4.79 Å². The van der Waals surface area contributed by atoms with Gasteiger partial charge in [0.2, 0.25) is 6.41 Å². The van der Waals surface area contributed by atoms with Gasteiger partial charge in [-0.3, -0.25) is 4.79 Å². The lowest BCUT2D eigenvalue weighted by molar-refractivity contribution is -0.191. The van der Waals surface area contributed by atoms with Crippen LogP contribution in [0.15, 0.2) is 0 Å². The van der Waals surface area contributed by atoms with E-state index in [4.69, 9.17) is 5.90 Å². The highest BCUT2D eigenvalue weighted by Crippen LogP contribution is 2.19. The molecule has 0 aromatic rings. The topological polar surface area (TPSA) is 55.6 Å². The van der Waals surface area contributed by atoms with Crippen LogP contribution in [0.4, 0.5) is 0 Å². The number of carbonyl (C=O) groups excluding carboxylic acids is 1. The molecule has 0 aromatic carbocycles. The maximum Gasteiger partial charge on any atom is 0.235 e. The quantitative estimate of drug-likeness (QED) is 0.611. The minimum atomic E-state index is 0.164. The summed E-state index contributed by atoms with van der Waals surface area (Å²) in [4.78, 5) is 15.5. The number of carbonyl (C=O) groups is 1. The monoisotopic (exact) mass is 242 g/mol. The molecule has 1 aliphatic rings. The second-order valence-electron chi connectivity index (χ2n) is 4.98. The number of nitrogens with zero attached hydrogens (tertiary/aromatic N) is 1. The van der Waals surface area contributed by atoms with Gasteiger partial charge in [0, 0.05) is 0 Å². The minimum absolute atomic E-state index is 0.164. The summed E-state index contributed by atoms with van der Waals surface area (Å²) >= 11 is 0. The summed E-state index contributed by atoms with van der Waals surface area (Å²) in [6.45, 7) is 0. The Morgan fingerprint density at radius 3 is 1.65 bits per heavy atom. The summed E-state index contributed by atoms with van der Waals surface area (Å²) in [5.41, 5.74) is 0. The van der Waals surface area contributed by atoms with Crippen molar-refractivity contribution in [3.8, 4) is 0 Å². The van der Waals surface area contributed by atoms with Crippen LogP contribution in [0.1, 0.15) is 70.6 Å². The van der Waals surface area contributed by atoms with Crippen molar-refractivity contribution in [1.29, 1.82) is 0 Å². The van der Waals surface area contributed by atoms with Gasteiger partial charge in [0.15, 0.2) is 0 Å². The van der Waals surface area contributed by atoms with Gasteiger partial charge in [-0.25, -0.2) is 5.06 Å². The molecule has 4 heteroatoms. The third kappa shape index (κ3) is 6.03. The summed E-state index contributed by atoms with van der Waals surface area (Å²) in [6.07, 6.45) is 14.3. The van der Waals surface area contributed by atoms with Crippen LogP contribution in [0.5, 0.6) is 0 Å². The van der Waals surface area contributed by atoms with Crippen molar-refractivity contribution in [2.75, 3.05) is 0 Å². The third-order valence-corrected chi connectivity index (χ3v) is 3.66. The van der Waals surface area contributed by atoms with Crippen LogP contribution in [0.3, 0.4) is 0 Å². The van der Waals surface area contributed by atoms with Gasteiger partial charge >= 0.3 is 0 Å². The van der Waals surface area contributed by atoms with Gasteiger partial charge in [0.25, 0.3) is 0 Å². The Bertz CT molecular complexity index is 188. The molecule has 0 aliphatic heterocycles. The fourth-order valence-electron chi connectivity index (χ4n) is 2.59. The van der Waals surface area contributed by atoms with Gasteiger partial charge in [-0.05, 0) is 12.8 Å². The Kier molecular flexibility index (Phi) is 8.01. The molecule has 1 amide bonds. The first-order valence-electron chi connectivity index (χ1n) is 6.99. The molecule has 0 radical (unpaired) electrons. The van der Waals surface area contributed by atoms with E-state index in [0.717, 1.165) is 12.8 Å². The van der Waals surface area contributed by atoms with Crippen molar-refractivity contribution >= 4 is 6.41 Å². The Labute approximate surface area is 104 Å². The molecule has 0 aromatic heterocycles. The van der Waals surface area contributed by atoms with Gasteiger partial charge in [-0.2, -0.15) is 10.8 Å². The van der Waals surface area contributed by atoms with Gasteiger partial charge in [0.1, 0.15) is 0 Å². The molecule has 0 bridgehead atoms. The Hall–Kier alpha value is -0.610. The second kappa shape index (κ2) is 9.42. The largest absolute Gasteiger partial charge is 0.276 e. The Morgan fingerprint density at radius 2 is 1.29 bits per heavy atom. The van der Waals surface area contributed by atoms with Crippen LogP contribution >= 0.6 is 0 Å². The molecule has 17 heavy (non-hydrogen) atoms. The smallest absolute Gasteiger partial charge is 0.235 e. The first kappa shape index (κ1) is 14.5. The highest BCUT2D eigenvalue weighted by molar-refractivity contribution is 5.45. The number of hydrogen-bond donors (Lipinski definition) is 1. The lowest BCUT2D eigenvalue weighted by Gasteiger charge is -2.25. The molecule has 1 fully saturated rings. The molecule has 4 nitrogen and oxygen atoms in total. The van der Waals surface area contributed by atoms with Gasteiger partial charge in [0.05, 0.1) is 6.04 Å². The van der Waals surface area contributed by atoms with Gasteiger partial charge in [-0.1, -0.05) is 57.8 Å². The predicted octanol–water partition coefficient (Wildman–Crippen LogP) is 2.92. The Morgan fingerprint density at radius 1 is 0.882 bits per heavy atom. The van der Waals surface area contributed by atoms with E-state index >= 15 is 0 Å². The number of hydroxylamine groups is 2. The molecule has 100 valence electrons. The second-order valence-corrected chi connectivity index (χ2v) is 4.98. The summed E-state index contributed by atoms with van der Waals surface area (Å²) < 4.78 is 0. The zero-order valence-corrected chi connectivity index (χ0v) is 10.8. The zero-order valence-electron chi connectivity index (χ0n) is 10.8. The highest BCUT2D eigenvalue weighted by atomic mass is 16.8. The van der Waals surface area contributed by atoms with Crippen LogP contribution in [-0.4, -0.2) is 17.5 Å². The van der Waals surface area contributed by atoms with E-state index < -0.39 is 0 Å². The van der Waals surface area contributed by atoms with Crippen molar-refractivity contribution in [3.63, 3.8) is 0 Å². The lowest BCUT2D eigenvalue weighted by Crippen LogP contribution is -2.36. The zero-order chi connectivity index (χ0) is 12.3. The van der Waals surface area contributed by atoms with E-state index in [1.807, 2.05) is 0 Å². The molecular formula is C13H26N2O2. The standard InChI is InChI=1S/C13H26N2O2/c14-17-15(12-16)13-10-8-6-4-2-1-3-5-7-9-11-13/h12-13H,1-11,14H2. The number of rotatable bonds is 3. The molecule has 0 saturated heterocycles. The fourth-order valence-corrected chi connectivity index (χ4v) is 2.59. The molecular weight excluding hydrogens is 216 g/mol. The number of hydrogen-bond acceptors (Lipinski definition) is 3.